The van der Waals surface area contributed by atoms with Crippen molar-refractivity contribution in [2.45, 2.75) is 6.54 Å². The Labute approximate surface area is 129 Å². The smallest absolute Gasteiger partial charge is 0.356 e. The molecule has 0 saturated heterocycles. The van der Waals surface area contributed by atoms with Crippen LogP contribution < -0.4 is 5.32 Å². The molecule has 2 heterocycles. The second-order valence-electron chi connectivity index (χ2n) is 4.05. The van der Waals surface area contributed by atoms with Crippen LogP contribution in [0.25, 0.3) is 0 Å². The maximum Gasteiger partial charge on any atom is 0.356 e. The standard InChI is InChI=1S/C12H10Cl2N4O3/c13-8-3-7(4-16-10(8)14)11(19)15-1-2-18-5-9(12(20)21)17-6-18/h3-6H,1-2H2,(H,15,19)(H,20,21). The number of pyridine rings is 1. The molecule has 2 rings (SSSR count). The summed E-state index contributed by atoms with van der Waals surface area (Å²) in [6.07, 6.45) is 4.09. The van der Waals surface area contributed by atoms with Crippen molar-refractivity contribution in [1.82, 2.24) is 19.9 Å². The van der Waals surface area contributed by atoms with E-state index in [1.54, 1.807) is 4.57 Å². The van der Waals surface area contributed by atoms with Gasteiger partial charge in [0.25, 0.3) is 5.91 Å². The van der Waals surface area contributed by atoms with Gasteiger partial charge in [0.05, 0.1) is 16.9 Å². The summed E-state index contributed by atoms with van der Waals surface area (Å²) in [5.74, 6) is -1.45. The molecule has 0 aromatic carbocycles. The molecule has 0 unspecified atom stereocenters. The Morgan fingerprint density at radius 2 is 2.10 bits per heavy atom. The van der Waals surface area contributed by atoms with Crippen molar-refractivity contribution in [3.05, 3.63) is 46.2 Å². The molecule has 0 fully saturated rings. The Morgan fingerprint density at radius 3 is 2.71 bits per heavy atom. The number of carbonyl (C=O) groups is 2. The monoisotopic (exact) mass is 328 g/mol. The van der Waals surface area contributed by atoms with Gasteiger partial charge < -0.3 is 15.0 Å². The molecule has 21 heavy (non-hydrogen) atoms. The summed E-state index contributed by atoms with van der Waals surface area (Å²) in [5.41, 5.74) is 0.247. The highest BCUT2D eigenvalue weighted by Crippen LogP contribution is 2.19. The van der Waals surface area contributed by atoms with Gasteiger partial charge in [0.15, 0.2) is 5.69 Å². The lowest BCUT2D eigenvalue weighted by Gasteiger charge is -2.06. The van der Waals surface area contributed by atoms with Gasteiger partial charge in [0.1, 0.15) is 5.15 Å². The van der Waals surface area contributed by atoms with Crippen molar-refractivity contribution >= 4 is 35.1 Å². The SMILES string of the molecule is O=C(NCCn1cnc(C(=O)O)c1)c1cnc(Cl)c(Cl)c1. The Morgan fingerprint density at radius 1 is 1.33 bits per heavy atom. The number of nitrogens with one attached hydrogen (secondary N) is 1. The number of hydrogen-bond donors (Lipinski definition) is 2. The number of nitrogens with zero attached hydrogens (tertiary/aromatic N) is 3. The van der Waals surface area contributed by atoms with Crippen molar-refractivity contribution in [3.8, 4) is 0 Å². The van der Waals surface area contributed by atoms with E-state index in [1.165, 1.54) is 24.8 Å². The van der Waals surface area contributed by atoms with E-state index in [4.69, 9.17) is 28.3 Å². The third-order valence-electron chi connectivity index (χ3n) is 2.57. The fourth-order valence-electron chi connectivity index (χ4n) is 1.54. The van der Waals surface area contributed by atoms with Gasteiger partial charge in [-0.15, -0.1) is 0 Å². The zero-order valence-corrected chi connectivity index (χ0v) is 12.1. The third-order valence-corrected chi connectivity index (χ3v) is 3.25. The first-order chi connectivity index (χ1) is 9.97. The number of carboxylic acids is 1. The molecule has 2 aromatic heterocycles. The van der Waals surface area contributed by atoms with E-state index in [2.05, 4.69) is 15.3 Å². The number of carbonyl (C=O) groups excluding carboxylic acids is 1. The number of aromatic nitrogens is 3. The van der Waals surface area contributed by atoms with Crippen molar-refractivity contribution in [3.63, 3.8) is 0 Å². The summed E-state index contributed by atoms with van der Waals surface area (Å²) < 4.78 is 1.57. The van der Waals surface area contributed by atoms with E-state index in [1.807, 2.05) is 0 Å². The maximum absolute atomic E-state index is 11.8. The highest BCUT2D eigenvalue weighted by Gasteiger charge is 2.09. The molecule has 0 radical (unpaired) electrons. The fourth-order valence-corrected chi connectivity index (χ4v) is 1.81. The number of amides is 1. The molecule has 9 heteroatoms. The van der Waals surface area contributed by atoms with Crippen molar-refractivity contribution in [2.75, 3.05) is 6.54 Å². The summed E-state index contributed by atoms with van der Waals surface area (Å²) >= 11 is 11.4. The molecule has 0 aliphatic rings. The van der Waals surface area contributed by atoms with Crippen LogP contribution in [0.2, 0.25) is 10.2 Å². The van der Waals surface area contributed by atoms with Crippen LogP contribution in [-0.2, 0) is 6.54 Å². The Balaban J connectivity index is 1.88. The van der Waals surface area contributed by atoms with Gasteiger partial charge in [0, 0.05) is 25.5 Å². The lowest BCUT2D eigenvalue weighted by Crippen LogP contribution is -2.27. The largest absolute Gasteiger partial charge is 0.476 e. The second-order valence-corrected chi connectivity index (χ2v) is 4.82. The second kappa shape index (κ2) is 6.55. The van der Waals surface area contributed by atoms with Crippen LogP contribution in [0.3, 0.4) is 0 Å². The predicted octanol–water partition coefficient (Wildman–Crippen LogP) is 1.71. The molecule has 110 valence electrons. The molecule has 0 aliphatic carbocycles. The average molecular weight is 329 g/mol. The molecule has 0 atom stereocenters. The van der Waals surface area contributed by atoms with Gasteiger partial charge in [-0.1, -0.05) is 23.2 Å². The van der Waals surface area contributed by atoms with Crippen LogP contribution in [0.1, 0.15) is 20.8 Å². The van der Waals surface area contributed by atoms with Gasteiger partial charge in [-0.2, -0.15) is 0 Å². The zero-order chi connectivity index (χ0) is 15.4. The fraction of sp³-hybridized carbons (Fsp3) is 0.167. The molecule has 2 N–H and O–H groups in total. The number of aromatic carboxylic acids is 1. The van der Waals surface area contributed by atoms with Crippen LogP contribution in [0, 0.1) is 0 Å². The van der Waals surface area contributed by atoms with Crippen LogP contribution in [0.15, 0.2) is 24.8 Å². The van der Waals surface area contributed by atoms with Gasteiger partial charge in [-0.3, -0.25) is 4.79 Å². The molecule has 1 amide bonds. The highest BCUT2D eigenvalue weighted by molar-refractivity contribution is 6.41. The number of halogens is 2. The van der Waals surface area contributed by atoms with E-state index in [-0.39, 0.29) is 21.8 Å². The molecule has 0 bridgehead atoms. The highest BCUT2D eigenvalue weighted by atomic mass is 35.5. The first-order valence-electron chi connectivity index (χ1n) is 5.81. The zero-order valence-electron chi connectivity index (χ0n) is 10.6. The minimum atomic E-state index is -1.10. The number of hydrogen-bond acceptors (Lipinski definition) is 4. The lowest BCUT2D eigenvalue weighted by molar-refractivity contribution is 0.0690. The van der Waals surface area contributed by atoms with E-state index >= 15 is 0 Å². The van der Waals surface area contributed by atoms with Crippen LogP contribution in [0.4, 0.5) is 0 Å². The van der Waals surface area contributed by atoms with Gasteiger partial charge in [-0.25, -0.2) is 14.8 Å². The van der Waals surface area contributed by atoms with Gasteiger partial charge >= 0.3 is 5.97 Å². The maximum atomic E-state index is 11.8. The molecule has 0 spiro atoms. The topological polar surface area (TPSA) is 97.1 Å². The summed E-state index contributed by atoms with van der Waals surface area (Å²) in [6.45, 7) is 0.690. The minimum Gasteiger partial charge on any atom is -0.476 e. The van der Waals surface area contributed by atoms with E-state index in [9.17, 15) is 9.59 Å². The first kappa shape index (κ1) is 15.3. The van der Waals surface area contributed by atoms with Crippen LogP contribution in [0.5, 0.6) is 0 Å². The van der Waals surface area contributed by atoms with Crippen LogP contribution >= 0.6 is 23.2 Å². The summed E-state index contributed by atoms with van der Waals surface area (Å²) in [4.78, 5) is 30.0. The Hall–Kier alpha value is -2.12. The molecule has 0 saturated carbocycles. The van der Waals surface area contributed by atoms with Gasteiger partial charge in [0.2, 0.25) is 0 Å². The molecular weight excluding hydrogens is 319 g/mol. The van der Waals surface area contributed by atoms with Crippen molar-refractivity contribution < 1.29 is 14.7 Å². The predicted molar refractivity (Wildman–Crippen MR) is 75.8 cm³/mol. The van der Waals surface area contributed by atoms with Crippen molar-refractivity contribution in [1.29, 1.82) is 0 Å². The summed E-state index contributed by atoms with van der Waals surface area (Å²) in [5, 5.41) is 11.7. The normalized spacial score (nSPS) is 10.4. The van der Waals surface area contributed by atoms with Gasteiger partial charge in [-0.05, 0) is 6.07 Å². The molecular formula is C12H10Cl2N4O3. The number of imidazole rings is 1. The summed E-state index contributed by atoms with van der Waals surface area (Å²) in [7, 11) is 0. The molecule has 2 aromatic rings. The average Bonchev–Trinajstić information content (AvgIpc) is 2.91. The quantitative estimate of drug-likeness (QED) is 0.814. The molecule has 7 nitrogen and oxygen atoms in total. The summed E-state index contributed by atoms with van der Waals surface area (Å²) in [6, 6.07) is 1.42. The van der Waals surface area contributed by atoms with Crippen LogP contribution in [-0.4, -0.2) is 38.1 Å². The molecule has 0 aliphatic heterocycles. The number of carboxylic acid groups (broad SMARTS) is 1. The number of rotatable bonds is 5. The lowest BCUT2D eigenvalue weighted by atomic mass is 10.2. The third kappa shape index (κ3) is 3.93. The van der Waals surface area contributed by atoms with E-state index in [0.29, 0.717) is 18.7 Å². The minimum absolute atomic E-state index is 0.0463. The van der Waals surface area contributed by atoms with E-state index < -0.39 is 5.97 Å². The van der Waals surface area contributed by atoms with E-state index in [0.717, 1.165) is 0 Å². The Bertz CT molecular complexity index is 687. The Kier molecular flexibility index (Phi) is 4.77. The van der Waals surface area contributed by atoms with Crippen molar-refractivity contribution in [2.24, 2.45) is 0 Å². The first-order valence-corrected chi connectivity index (χ1v) is 6.57.